The maximum Gasteiger partial charge on any atom is 0.158 e. The Labute approximate surface area is 115 Å². The average molecular weight is 268 g/mol. The Morgan fingerprint density at radius 3 is 2.70 bits per heavy atom. The molecule has 0 radical (unpaired) electrons. The Morgan fingerprint density at radius 2 is 1.85 bits per heavy atom. The van der Waals surface area contributed by atoms with Crippen LogP contribution in [0, 0.1) is 5.82 Å². The fourth-order valence-electron chi connectivity index (χ4n) is 2.23. The van der Waals surface area contributed by atoms with E-state index in [4.69, 9.17) is 0 Å². The van der Waals surface area contributed by atoms with E-state index in [0.717, 1.165) is 10.9 Å². The fraction of sp³-hybridized carbons (Fsp3) is 0.125. The van der Waals surface area contributed by atoms with Crippen molar-refractivity contribution >= 4 is 16.7 Å². The molecule has 0 aliphatic carbocycles. The van der Waals surface area contributed by atoms with Crippen molar-refractivity contribution < 1.29 is 9.18 Å². The largest absolute Gasteiger partial charge is 0.297 e. The predicted octanol–water partition coefficient (Wildman–Crippen LogP) is 2.99. The van der Waals surface area contributed by atoms with Crippen LogP contribution in [0.4, 0.5) is 4.39 Å². The monoisotopic (exact) mass is 268 g/mol. The number of hydrogen-bond acceptors (Lipinski definition) is 2. The van der Waals surface area contributed by atoms with Gasteiger partial charge < -0.3 is 0 Å². The number of nitrogens with zero attached hydrogens (tertiary/aromatic N) is 2. The first-order valence-electron chi connectivity index (χ1n) is 6.40. The van der Waals surface area contributed by atoms with Crippen LogP contribution in [0.3, 0.4) is 0 Å². The highest BCUT2D eigenvalue weighted by Crippen LogP contribution is 2.13. The molecule has 0 aliphatic heterocycles. The number of halogens is 1. The van der Waals surface area contributed by atoms with Crippen LogP contribution in [0.15, 0.2) is 54.7 Å². The lowest BCUT2D eigenvalue weighted by Crippen LogP contribution is -2.14. The minimum Gasteiger partial charge on any atom is -0.297 e. The van der Waals surface area contributed by atoms with E-state index in [1.807, 2.05) is 24.3 Å². The third kappa shape index (κ3) is 2.45. The zero-order chi connectivity index (χ0) is 13.9. The molecule has 0 unspecified atom stereocenters. The van der Waals surface area contributed by atoms with E-state index in [1.54, 1.807) is 29.1 Å². The Hall–Kier alpha value is -2.49. The smallest absolute Gasteiger partial charge is 0.158 e. The molecule has 0 saturated carbocycles. The van der Waals surface area contributed by atoms with Crippen LogP contribution in [0.25, 0.3) is 10.9 Å². The van der Waals surface area contributed by atoms with Crippen LogP contribution in [0.2, 0.25) is 0 Å². The van der Waals surface area contributed by atoms with E-state index in [9.17, 15) is 9.18 Å². The van der Waals surface area contributed by atoms with Crippen LogP contribution >= 0.6 is 0 Å². The molecule has 1 heterocycles. The number of para-hydroxylation sites is 1. The topological polar surface area (TPSA) is 34.9 Å². The summed E-state index contributed by atoms with van der Waals surface area (Å²) in [6.45, 7) is 0.155. The number of benzene rings is 2. The van der Waals surface area contributed by atoms with Crippen molar-refractivity contribution in [2.45, 2.75) is 13.0 Å². The molecule has 0 fully saturated rings. The number of carbonyl (C=O) groups is 1. The molecule has 3 aromatic rings. The zero-order valence-corrected chi connectivity index (χ0v) is 10.8. The second-order valence-corrected chi connectivity index (χ2v) is 4.67. The van der Waals surface area contributed by atoms with Crippen molar-refractivity contribution in [2.24, 2.45) is 0 Å². The zero-order valence-electron chi connectivity index (χ0n) is 10.8. The van der Waals surface area contributed by atoms with E-state index < -0.39 is 0 Å². The van der Waals surface area contributed by atoms with Gasteiger partial charge in [0.2, 0.25) is 0 Å². The second kappa shape index (κ2) is 5.25. The summed E-state index contributed by atoms with van der Waals surface area (Å²) in [5, 5.41) is 5.19. The molecule has 0 amide bonds. The van der Waals surface area contributed by atoms with Crippen molar-refractivity contribution in [3.63, 3.8) is 0 Å². The van der Waals surface area contributed by atoms with Crippen molar-refractivity contribution in [3.8, 4) is 0 Å². The van der Waals surface area contributed by atoms with Crippen LogP contribution in [0.1, 0.15) is 5.56 Å². The van der Waals surface area contributed by atoms with Crippen molar-refractivity contribution in [1.29, 1.82) is 0 Å². The van der Waals surface area contributed by atoms with Gasteiger partial charge in [-0.05, 0) is 17.7 Å². The molecule has 1 aromatic heterocycles. The van der Waals surface area contributed by atoms with Crippen LogP contribution in [-0.4, -0.2) is 15.6 Å². The molecule has 0 spiro atoms. The molecule has 0 atom stereocenters. The van der Waals surface area contributed by atoms with Gasteiger partial charge in [0.15, 0.2) is 5.78 Å². The summed E-state index contributed by atoms with van der Waals surface area (Å²) in [6, 6.07) is 14.0. The summed E-state index contributed by atoms with van der Waals surface area (Å²) in [6.07, 6.45) is 1.81. The van der Waals surface area contributed by atoms with Gasteiger partial charge in [0.25, 0.3) is 0 Å². The number of ketones is 1. The third-order valence-electron chi connectivity index (χ3n) is 3.22. The lowest BCUT2D eigenvalue weighted by molar-refractivity contribution is -0.119. The highest BCUT2D eigenvalue weighted by Gasteiger charge is 2.10. The predicted molar refractivity (Wildman–Crippen MR) is 74.8 cm³/mol. The first-order valence-corrected chi connectivity index (χ1v) is 6.40. The first kappa shape index (κ1) is 12.5. The van der Waals surface area contributed by atoms with Gasteiger partial charge in [0.1, 0.15) is 12.4 Å². The van der Waals surface area contributed by atoms with Crippen molar-refractivity contribution in [3.05, 3.63) is 66.1 Å². The molecule has 0 saturated heterocycles. The van der Waals surface area contributed by atoms with Gasteiger partial charge in [-0.3, -0.25) is 9.48 Å². The third-order valence-corrected chi connectivity index (χ3v) is 3.22. The van der Waals surface area contributed by atoms with Gasteiger partial charge in [-0.25, -0.2) is 4.39 Å². The molecule has 0 bridgehead atoms. The Bertz CT molecular complexity index is 764. The lowest BCUT2D eigenvalue weighted by Gasteiger charge is -2.04. The molecular weight excluding hydrogens is 255 g/mol. The first-order chi connectivity index (χ1) is 9.74. The number of hydrogen-bond donors (Lipinski definition) is 0. The van der Waals surface area contributed by atoms with Gasteiger partial charge in [0.05, 0.1) is 11.7 Å². The van der Waals surface area contributed by atoms with Crippen LogP contribution < -0.4 is 0 Å². The maximum atomic E-state index is 13.5. The fourth-order valence-corrected chi connectivity index (χ4v) is 2.23. The number of Topliss-reactive ketones (excluding diaryl/α,β-unsaturated/α-hetero) is 1. The Balaban J connectivity index is 1.78. The summed E-state index contributed by atoms with van der Waals surface area (Å²) in [5.74, 6) is -0.407. The SMILES string of the molecule is O=C(Cc1ccccc1F)Cn1ncc2ccccc21. The molecule has 0 aliphatic rings. The molecule has 3 rings (SSSR count). The van der Waals surface area contributed by atoms with E-state index in [0.29, 0.717) is 5.56 Å². The summed E-state index contributed by atoms with van der Waals surface area (Å²) >= 11 is 0. The molecule has 3 nitrogen and oxygen atoms in total. The number of rotatable bonds is 4. The van der Waals surface area contributed by atoms with Gasteiger partial charge in [-0.1, -0.05) is 36.4 Å². The quantitative estimate of drug-likeness (QED) is 0.729. The molecule has 2 aromatic carbocycles. The minimum atomic E-state index is -0.342. The van der Waals surface area contributed by atoms with Crippen LogP contribution in [-0.2, 0) is 17.8 Å². The lowest BCUT2D eigenvalue weighted by atomic mass is 10.1. The molecular formula is C16H13FN2O. The molecule has 100 valence electrons. The Morgan fingerprint density at radius 1 is 1.10 bits per heavy atom. The number of fused-ring (bicyclic) bond motifs is 1. The molecule has 20 heavy (non-hydrogen) atoms. The summed E-state index contributed by atoms with van der Waals surface area (Å²) in [4.78, 5) is 12.0. The number of aromatic nitrogens is 2. The Kier molecular flexibility index (Phi) is 3.29. The van der Waals surface area contributed by atoms with Crippen molar-refractivity contribution in [2.75, 3.05) is 0 Å². The van der Waals surface area contributed by atoms with Gasteiger partial charge >= 0.3 is 0 Å². The van der Waals surface area contributed by atoms with E-state index in [-0.39, 0.29) is 24.6 Å². The summed E-state index contributed by atoms with van der Waals surface area (Å²) < 4.78 is 15.2. The number of carbonyl (C=O) groups excluding carboxylic acids is 1. The van der Waals surface area contributed by atoms with Gasteiger partial charge in [-0.2, -0.15) is 5.10 Å². The summed E-state index contributed by atoms with van der Waals surface area (Å²) in [5.41, 5.74) is 1.34. The van der Waals surface area contributed by atoms with E-state index >= 15 is 0 Å². The maximum absolute atomic E-state index is 13.5. The minimum absolute atomic E-state index is 0.0658. The highest BCUT2D eigenvalue weighted by molar-refractivity contribution is 5.84. The van der Waals surface area contributed by atoms with Gasteiger partial charge in [-0.15, -0.1) is 0 Å². The molecule has 4 heteroatoms. The van der Waals surface area contributed by atoms with E-state index in [2.05, 4.69) is 5.10 Å². The van der Waals surface area contributed by atoms with E-state index in [1.165, 1.54) is 6.07 Å². The van der Waals surface area contributed by atoms with Crippen molar-refractivity contribution in [1.82, 2.24) is 9.78 Å². The highest BCUT2D eigenvalue weighted by atomic mass is 19.1. The average Bonchev–Trinajstić information content (AvgIpc) is 2.85. The van der Waals surface area contributed by atoms with Crippen LogP contribution in [0.5, 0.6) is 0 Å². The summed E-state index contributed by atoms with van der Waals surface area (Å²) in [7, 11) is 0. The second-order valence-electron chi connectivity index (χ2n) is 4.67. The normalized spacial score (nSPS) is 10.8. The molecule has 0 N–H and O–H groups in total. The van der Waals surface area contributed by atoms with Gasteiger partial charge in [0, 0.05) is 11.8 Å². The standard InChI is InChI=1S/C16H13FN2O/c17-15-7-3-1-5-12(15)9-14(20)11-19-16-8-4-2-6-13(16)10-18-19/h1-8,10H,9,11H2.